The summed E-state index contributed by atoms with van der Waals surface area (Å²) in [6.07, 6.45) is 1.35. The van der Waals surface area contributed by atoms with Gasteiger partial charge in [-0.2, -0.15) is 0 Å². The molecule has 0 radical (unpaired) electrons. The number of benzene rings is 1. The number of hydrogen-bond acceptors (Lipinski definition) is 2. The van der Waals surface area contributed by atoms with Gasteiger partial charge in [0.25, 0.3) is 0 Å². The van der Waals surface area contributed by atoms with Crippen molar-refractivity contribution >= 4 is 0 Å². The molecule has 2 rings (SSSR count). The highest BCUT2D eigenvalue weighted by Gasteiger charge is 2.31. The quantitative estimate of drug-likeness (QED) is 0.825. The molecule has 1 aromatic rings. The minimum absolute atomic E-state index is 0.195. The van der Waals surface area contributed by atoms with E-state index in [-0.39, 0.29) is 5.41 Å². The van der Waals surface area contributed by atoms with Gasteiger partial charge in [0.2, 0.25) is 0 Å². The molecule has 2 atom stereocenters. The van der Waals surface area contributed by atoms with Gasteiger partial charge in [-0.05, 0) is 36.9 Å². The van der Waals surface area contributed by atoms with Gasteiger partial charge in [-0.25, -0.2) is 0 Å². The SMILES string of the molecule is CC(C)CNCC(C)(CN1CCC(C)C1)c1ccccc1. The van der Waals surface area contributed by atoms with Gasteiger partial charge in [-0.3, -0.25) is 0 Å². The maximum absolute atomic E-state index is 3.68. The molecule has 1 aromatic carbocycles. The second kappa shape index (κ2) is 7.42. The van der Waals surface area contributed by atoms with Crippen LogP contribution in [0, 0.1) is 11.8 Å². The van der Waals surface area contributed by atoms with Crippen LogP contribution in [0.3, 0.4) is 0 Å². The first-order valence-electron chi connectivity index (χ1n) is 8.48. The molecule has 1 fully saturated rings. The van der Waals surface area contributed by atoms with Gasteiger partial charge in [0, 0.05) is 25.0 Å². The summed E-state index contributed by atoms with van der Waals surface area (Å²) in [4.78, 5) is 2.65. The maximum Gasteiger partial charge on any atom is 0.0177 e. The summed E-state index contributed by atoms with van der Waals surface area (Å²) in [5.41, 5.74) is 1.65. The van der Waals surface area contributed by atoms with Crippen LogP contribution < -0.4 is 5.32 Å². The molecular formula is C19H32N2. The van der Waals surface area contributed by atoms with Crippen molar-refractivity contribution in [2.45, 2.75) is 39.5 Å². The van der Waals surface area contributed by atoms with Crippen molar-refractivity contribution in [2.75, 3.05) is 32.7 Å². The van der Waals surface area contributed by atoms with Gasteiger partial charge in [0.05, 0.1) is 0 Å². The van der Waals surface area contributed by atoms with E-state index in [1.807, 2.05) is 0 Å². The van der Waals surface area contributed by atoms with Gasteiger partial charge >= 0.3 is 0 Å². The fourth-order valence-corrected chi connectivity index (χ4v) is 3.39. The molecule has 0 spiro atoms. The Labute approximate surface area is 130 Å². The zero-order valence-electron chi connectivity index (χ0n) is 14.2. The number of nitrogens with one attached hydrogen (secondary N) is 1. The normalized spacial score (nSPS) is 22.6. The minimum atomic E-state index is 0.195. The van der Waals surface area contributed by atoms with Crippen LogP contribution in [0.2, 0.25) is 0 Å². The van der Waals surface area contributed by atoms with Crippen molar-refractivity contribution in [1.82, 2.24) is 10.2 Å². The zero-order chi connectivity index (χ0) is 15.3. The third kappa shape index (κ3) is 4.82. The lowest BCUT2D eigenvalue weighted by molar-refractivity contribution is 0.243. The lowest BCUT2D eigenvalue weighted by Gasteiger charge is -2.35. The molecule has 1 saturated heterocycles. The monoisotopic (exact) mass is 288 g/mol. The Morgan fingerprint density at radius 3 is 2.57 bits per heavy atom. The molecule has 21 heavy (non-hydrogen) atoms. The van der Waals surface area contributed by atoms with E-state index in [0.29, 0.717) is 5.92 Å². The van der Waals surface area contributed by atoms with E-state index in [0.717, 1.165) is 25.6 Å². The van der Waals surface area contributed by atoms with Crippen LogP contribution >= 0.6 is 0 Å². The number of likely N-dealkylation sites (tertiary alicyclic amines) is 1. The fraction of sp³-hybridized carbons (Fsp3) is 0.684. The molecule has 1 aliphatic heterocycles. The molecule has 0 aromatic heterocycles. The molecule has 2 unspecified atom stereocenters. The van der Waals surface area contributed by atoms with Crippen LogP contribution in [0.4, 0.5) is 0 Å². The Bertz CT molecular complexity index is 415. The van der Waals surface area contributed by atoms with Crippen LogP contribution in [-0.2, 0) is 5.41 Å². The Hall–Kier alpha value is -0.860. The van der Waals surface area contributed by atoms with E-state index >= 15 is 0 Å². The average Bonchev–Trinajstić information content (AvgIpc) is 2.84. The summed E-state index contributed by atoms with van der Waals surface area (Å²) in [5.74, 6) is 1.56. The lowest BCUT2D eigenvalue weighted by Crippen LogP contribution is -2.45. The maximum atomic E-state index is 3.68. The third-order valence-electron chi connectivity index (χ3n) is 4.62. The first-order valence-corrected chi connectivity index (χ1v) is 8.48. The molecule has 1 heterocycles. The number of nitrogens with zero attached hydrogens (tertiary/aromatic N) is 1. The molecule has 1 N–H and O–H groups in total. The van der Waals surface area contributed by atoms with Crippen molar-refractivity contribution in [2.24, 2.45) is 11.8 Å². The summed E-state index contributed by atoms with van der Waals surface area (Å²) in [7, 11) is 0. The summed E-state index contributed by atoms with van der Waals surface area (Å²) >= 11 is 0. The van der Waals surface area contributed by atoms with Crippen molar-refractivity contribution in [3.8, 4) is 0 Å². The van der Waals surface area contributed by atoms with Crippen LogP contribution in [0.1, 0.15) is 39.7 Å². The minimum Gasteiger partial charge on any atom is -0.316 e. The average molecular weight is 288 g/mol. The highest BCUT2D eigenvalue weighted by Crippen LogP contribution is 2.27. The summed E-state index contributed by atoms with van der Waals surface area (Å²) in [6, 6.07) is 11.0. The van der Waals surface area contributed by atoms with Crippen LogP contribution in [0.25, 0.3) is 0 Å². The van der Waals surface area contributed by atoms with E-state index in [2.05, 4.69) is 68.2 Å². The lowest BCUT2D eigenvalue weighted by atomic mass is 9.81. The second-order valence-corrected chi connectivity index (χ2v) is 7.58. The first kappa shape index (κ1) is 16.5. The summed E-state index contributed by atoms with van der Waals surface area (Å²) < 4.78 is 0. The van der Waals surface area contributed by atoms with E-state index < -0.39 is 0 Å². The second-order valence-electron chi connectivity index (χ2n) is 7.58. The van der Waals surface area contributed by atoms with Crippen molar-refractivity contribution in [3.05, 3.63) is 35.9 Å². The van der Waals surface area contributed by atoms with Gasteiger partial charge in [0.1, 0.15) is 0 Å². The Kier molecular flexibility index (Phi) is 5.83. The molecule has 1 aliphatic rings. The Morgan fingerprint density at radius 1 is 1.29 bits per heavy atom. The van der Waals surface area contributed by atoms with Crippen LogP contribution in [0.15, 0.2) is 30.3 Å². The highest BCUT2D eigenvalue weighted by molar-refractivity contribution is 5.25. The number of hydrogen-bond donors (Lipinski definition) is 1. The van der Waals surface area contributed by atoms with E-state index in [9.17, 15) is 0 Å². The summed E-state index contributed by atoms with van der Waals surface area (Å²) in [5, 5.41) is 3.68. The largest absolute Gasteiger partial charge is 0.316 e. The first-order chi connectivity index (χ1) is 9.99. The van der Waals surface area contributed by atoms with Gasteiger partial charge in [-0.1, -0.05) is 58.0 Å². The topological polar surface area (TPSA) is 15.3 Å². The van der Waals surface area contributed by atoms with Gasteiger partial charge in [0.15, 0.2) is 0 Å². The molecule has 0 bridgehead atoms. The molecule has 0 aliphatic carbocycles. The van der Waals surface area contributed by atoms with E-state index in [1.54, 1.807) is 0 Å². The molecule has 2 nitrogen and oxygen atoms in total. The molecule has 118 valence electrons. The molecule has 0 saturated carbocycles. The predicted molar refractivity (Wildman–Crippen MR) is 91.7 cm³/mol. The third-order valence-corrected chi connectivity index (χ3v) is 4.62. The van der Waals surface area contributed by atoms with Gasteiger partial charge in [-0.15, -0.1) is 0 Å². The smallest absolute Gasteiger partial charge is 0.0177 e. The van der Waals surface area contributed by atoms with Crippen LogP contribution in [-0.4, -0.2) is 37.6 Å². The van der Waals surface area contributed by atoms with Gasteiger partial charge < -0.3 is 10.2 Å². The highest BCUT2D eigenvalue weighted by atomic mass is 15.2. The van der Waals surface area contributed by atoms with Crippen molar-refractivity contribution in [3.63, 3.8) is 0 Å². The molecule has 2 heteroatoms. The van der Waals surface area contributed by atoms with E-state index in [1.165, 1.54) is 25.1 Å². The standard InChI is InChI=1S/C19H32N2/c1-16(2)12-20-14-19(4,18-8-6-5-7-9-18)15-21-11-10-17(3)13-21/h5-9,16-17,20H,10-15H2,1-4H3. The predicted octanol–water partition coefficient (Wildman–Crippen LogP) is 3.53. The Morgan fingerprint density at radius 2 is 2.00 bits per heavy atom. The number of rotatable bonds is 7. The fourth-order valence-electron chi connectivity index (χ4n) is 3.39. The van der Waals surface area contributed by atoms with Crippen molar-refractivity contribution < 1.29 is 0 Å². The van der Waals surface area contributed by atoms with E-state index in [4.69, 9.17) is 0 Å². The summed E-state index contributed by atoms with van der Waals surface area (Å²) in [6.45, 7) is 15.2. The van der Waals surface area contributed by atoms with Crippen molar-refractivity contribution in [1.29, 1.82) is 0 Å². The Balaban J connectivity index is 2.06. The molecular weight excluding hydrogens is 256 g/mol. The molecule has 0 amide bonds. The van der Waals surface area contributed by atoms with Crippen LogP contribution in [0.5, 0.6) is 0 Å². The zero-order valence-corrected chi connectivity index (χ0v) is 14.2.